The summed E-state index contributed by atoms with van der Waals surface area (Å²) in [6, 6.07) is 0. The lowest BCUT2D eigenvalue weighted by atomic mass is 10.2. The van der Waals surface area contributed by atoms with Crippen molar-refractivity contribution < 1.29 is 4.74 Å². The minimum atomic E-state index is 0.641. The van der Waals surface area contributed by atoms with E-state index in [0.717, 1.165) is 39.4 Å². The average molecular weight is 202 g/mol. The van der Waals surface area contributed by atoms with E-state index in [4.69, 9.17) is 4.74 Å². The third-order valence-corrected chi connectivity index (χ3v) is 1.99. The van der Waals surface area contributed by atoms with Crippen LogP contribution in [0, 0.1) is 5.92 Å². The number of ether oxygens (including phenoxy) is 1. The monoisotopic (exact) mass is 202 g/mol. The van der Waals surface area contributed by atoms with Crippen LogP contribution in [0.5, 0.6) is 0 Å². The third kappa shape index (κ3) is 9.96. The Labute approximate surface area is 88.8 Å². The van der Waals surface area contributed by atoms with Gasteiger partial charge in [-0.25, -0.2) is 0 Å². The molecule has 3 nitrogen and oxygen atoms in total. The molecule has 1 N–H and O–H groups in total. The van der Waals surface area contributed by atoms with Crippen LogP contribution >= 0.6 is 0 Å². The smallest absolute Gasteiger partial charge is 0.0593 e. The summed E-state index contributed by atoms with van der Waals surface area (Å²) < 4.78 is 5.51. The molecule has 0 aromatic carbocycles. The molecule has 0 aromatic rings. The van der Waals surface area contributed by atoms with Crippen molar-refractivity contribution in [2.24, 2.45) is 5.92 Å². The zero-order chi connectivity index (χ0) is 10.8. The first kappa shape index (κ1) is 13.9. The fraction of sp³-hybridized carbons (Fsp3) is 1.00. The van der Waals surface area contributed by atoms with Crippen LogP contribution in [-0.2, 0) is 4.74 Å². The predicted molar refractivity (Wildman–Crippen MR) is 61.7 cm³/mol. The second-order valence-corrected chi connectivity index (χ2v) is 4.13. The van der Waals surface area contributed by atoms with E-state index in [-0.39, 0.29) is 0 Å². The first-order valence-corrected chi connectivity index (χ1v) is 5.63. The molecule has 0 saturated carbocycles. The molecule has 0 aliphatic heterocycles. The molecule has 0 aliphatic rings. The highest BCUT2D eigenvalue weighted by molar-refractivity contribution is 4.53. The van der Waals surface area contributed by atoms with Crippen molar-refractivity contribution in [1.82, 2.24) is 10.2 Å². The standard InChI is InChI=1S/C11H26N2O/c1-5-12-6-7-13(4)8-9-14-10-11(2)3/h11-12H,5-10H2,1-4H3. The Morgan fingerprint density at radius 2 is 2.00 bits per heavy atom. The highest BCUT2D eigenvalue weighted by Crippen LogP contribution is 1.92. The lowest BCUT2D eigenvalue weighted by molar-refractivity contribution is 0.0918. The highest BCUT2D eigenvalue weighted by atomic mass is 16.5. The normalized spacial score (nSPS) is 11.6. The van der Waals surface area contributed by atoms with Gasteiger partial charge < -0.3 is 15.0 Å². The molecule has 0 atom stereocenters. The molecule has 0 heterocycles. The van der Waals surface area contributed by atoms with Crippen LogP contribution in [0.1, 0.15) is 20.8 Å². The fourth-order valence-corrected chi connectivity index (χ4v) is 1.10. The molecule has 3 heteroatoms. The quantitative estimate of drug-likeness (QED) is 0.569. The number of hydrogen-bond acceptors (Lipinski definition) is 3. The predicted octanol–water partition coefficient (Wildman–Crippen LogP) is 1.20. The Hall–Kier alpha value is -0.120. The van der Waals surface area contributed by atoms with E-state index < -0.39 is 0 Å². The molecule has 0 rings (SSSR count). The zero-order valence-corrected chi connectivity index (χ0v) is 10.2. The van der Waals surface area contributed by atoms with Crippen LogP contribution < -0.4 is 5.32 Å². The molecule has 0 fully saturated rings. The van der Waals surface area contributed by atoms with Crippen molar-refractivity contribution in [3.8, 4) is 0 Å². The van der Waals surface area contributed by atoms with Gasteiger partial charge in [-0.15, -0.1) is 0 Å². The van der Waals surface area contributed by atoms with Gasteiger partial charge in [0.05, 0.1) is 6.61 Å². The Bertz CT molecular complexity index is 118. The topological polar surface area (TPSA) is 24.5 Å². The van der Waals surface area contributed by atoms with Crippen molar-refractivity contribution in [1.29, 1.82) is 0 Å². The van der Waals surface area contributed by atoms with E-state index in [1.54, 1.807) is 0 Å². The molecule has 0 saturated heterocycles. The van der Waals surface area contributed by atoms with E-state index in [1.807, 2.05) is 0 Å². The van der Waals surface area contributed by atoms with Crippen LogP contribution in [0.3, 0.4) is 0 Å². The van der Waals surface area contributed by atoms with E-state index in [0.29, 0.717) is 5.92 Å². The Kier molecular flexibility index (Phi) is 9.35. The molecule has 0 amide bonds. The minimum Gasteiger partial charge on any atom is -0.380 e. The second kappa shape index (κ2) is 9.44. The molecule has 0 aliphatic carbocycles. The van der Waals surface area contributed by atoms with Gasteiger partial charge in [-0.2, -0.15) is 0 Å². The molecule has 0 bridgehead atoms. The summed E-state index contributed by atoms with van der Waals surface area (Å²) in [7, 11) is 2.13. The van der Waals surface area contributed by atoms with Crippen molar-refractivity contribution in [2.75, 3.05) is 46.4 Å². The fourth-order valence-electron chi connectivity index (χ4n) is 1.10. The lowest BCUT2D eigenvalue weighted by Gasteiger charge is -2.17. The van der Waals surface area contributed by atoms with Crippen LogP contribution in [0.2, 0.25) is 0 Å². The Morgan fingerprint density at radius 3 is 2.57 bits per heavy atom. The lowest BCUT2D eigenvalue weighted by Crippen LogP contribution is -2.31. The van der Waals surface area contributed by atoms with Crippen LogP contribution in [0.25, 0.3) is 0 Å². The van der Waals surface area contributed by atoms with Gasteiger partial charge >= 0.3 is 0 Å². The SMILES string of the molecule is CCNCCN(C)CCOCC(C)C. The van der Waals surface area contributed by atoms with Crippen molar-refractivity contribution in [2.45, 2.75) is 20.8 Å². The van der Waals surface area contributed by atoms with Crippen molar-refractivity contribution in [3.05, 3.63) is 0 Å². The molecular weight excluding hydrogens is 176 g/mol. The molecule has 0 radical (unpaired) electrons. The van der Waals surface area contributed by atoms with E-state index in [2.05, 4.69) is 38.0 Å². The molecule has 86 valence electrons. The van der Waals surface area contributed by atoms with Crippen molar-refractivity contribution in [3.63, 3.8) is 0 Å². The van der Waals surface area contributed by atoms with Gasteiger partial charge in [0.15, 0.2) is 0 Å². The summed E-state index contributed by atoms with van der Waals surface area (Å²) >= 11 is 0. The van der Waals surface area contributed by atoms with E-state index in [1.165, 1.54) is 0 Å². The highest BCUT2D eigenvalue weighted by Gasteiger charge is 1.98. The molecule has 0 aromatic heterocycles. The molecular formula is C11H26N2O. The van der Waals surface area contributed by atoms with Gasteiger partial charge in [-0.3, -0.25) is 0 Å². The van der Waals surface area contributed by atoms with Crippen LogP contribution in [-0.4, -0.2) is 51.3 Å². The summed E-state index contributed by atoms with van der Waals surface area (Å²) in [4.78, 5) is 2.29. The third-order valence-electron chi connectivity index (χ3n) is 1.99. The molecule has 0 unspecified atom stereocenters. The minimum absolute atomic E-state index is 0.641. The largest absolute Gasteiger partial charge is 0.380 e. The van der Waals surface area contributed by atoms with Gasteiger partial charge in [0.1, 0.15) is 0 Å². The number of nitrogens with one attached hydrogen (secondary N) is 1. The maximum absolute atomic E-state index is 5.51. The average Bonchev–Trinajstić information content (AvgIpc) is 2.13. The first-order chi connectivity index (χ1) is 6.66. The summed E-state index contributed by atoms with van der Waals surface area (Å²) in [5.74, 6) is 0.641. The summed E-state index contributed by atoms with van der Waals surface area (Å²) in [6.45, 7) is 12.4. The molecule has 0 spiro atoms. The van der Waals surface area contributed by atoms with Gasteiger partial charge in [0.2, 0.25) is 0 Å². The molecule has 14 heavy (non-hydrogen) atoms. The van der Waals surface area contributed by atoms with Crippen LogP contribution in [0.15, 0.2) is 0 Å². The van der Waals surface area contributed by atoms with E-state index >= 15 is 0 Å². The van der Waals surface area contributed by atoms with E-state index in [9.17, 15) is 0 Å². The Morgan fingerprint density at radius 1 is 1.29 bits per heavy atom. The maximum atomic E-state index is 5.51. The Balaban J connectivity index is 3.14. The maximum Gasteiger partial charge on any atom is 0.0593 e. The zero-order valence-electron chi connectivity index (χ0n) is 10.2. The number of likely N-dealkylation sites (N-methyl/N-ethyl adjacent to an activating group) is 2. The second-order valence-electron chi connectivity index (χ2n) is 4.13. The van der Waals surface area contributed by atoms with Gasteiger partial charge in [0, 0.05) is 26.2 Å². The number of rotatable bonds is 9. The number of hydrogen-bond donors (Lipinski definition) is 1. The summed E-state index contributed by atoms with van der Waals surface area (Å²) in [6.07, 6.45) is 0. The van der Waals surface area contributed by atoms with Crippen LogP contribution in [0.4, 0.5) is 0 Å². The van der Waals surface area contributed by atoms with Gasteiger partial charge in [0.25, 0.3) is 0 Å². The summed E-state index contributed by atoms with van der Waals surface area (Å²) in [5.41, 5.74) is 0. The van der Waals surface area contributed by atoms with Crippen molar-refractivity contribution >= 4 is 0 Å². The first-order valence-electron chi connectivity index (χ1n) is 5.63. The van der Waals surface area contributed by atoms with Gasteiger partial charge in [-0.1, -0.05) is 20.8 Å². The van der Waals surface area contributed by atoms with Gasteiger partial charge in [-0.05, 0) is 19.5 Å². The summed E-state index contributed by atoms with van der Waals surface area (Å²) in [5, 5.41) is 3.31. The number of nitrogens with zero attached hydrogens (tertiary/aromatic N) is 1.